The van der Waals surface area contributed by atoms with Crippen molar-refractivity contribution >= 4 is 13.7 Å². The SMILES string of the molecule is CCCCCC/C=C/CC/C=C/CC/C=C/C(O)C(COP(=O)([O-])OCC[N+](C)(C)C)NC(=O)CCCCCCCCCCCCCCCCCCCCCC/C=C\C/C=C\C/C=C\CCCCCCC. The summed E-state index contributed by atoms with van der Waals surface area (Å²) in [5.41, 5.74) is 0. The number of nitrogens with one attached hydrogen (secondary N) is 1. The van der Waals surface area contributed by atoms with Gasteiger partial charge in [-0.05, 0) is 83.5 Å². The van der Waals surface area contributed by atoms with Crippen LogP contribution in [0.5, 0.6) is 0 Å². The van der Waals surface area contributed by atoms with Crippen molar-refractivity contribution in [3.05, 3.63) is 72.9 Å². The van der Waals surface area contributed by atoms with E-state index in [9.17, 15) is 19.4 Å². The Labute approximate surface area is 440 Å². The third-order valence-electron chi connectivity index (χ3n) is 13.1. The number of likely N-dealkylation sites (N-methyl/N-ethyl adjacent to an activating group) is 1. The number of quaternary nitrogens is 1. The van der Waals surface area contributed by atoms with E-state index in [1.807, 2.05) is 27.2 Å². The fourth-order valence-electron chi connectivity index (χ4n) is 8.43. The molecular formula is C62H115N2O6P. The maximum absolute atomic E-state index is 12.9. The number of aliphatic hydroxyl groups excluding tert-OH is 1. The Bertz CT molecular complexity index is 1380. The summed E-state index contributed by atoms with van der Waals surface area (Å²) in [6.45, 7) is 4.59. The quantitative estimate of drug-likeness (QED) is 0.0272. The first-order chi connectivity index (χ1) is 34.5. The molecule has 1 amide bonds. The summed E-state index contributed by atoms with van der Waals surface area (Å²) < 4.78 is 23.3. The zero-order valence-electron chi connectivity index (χ0n) is 47.2. The molecule has 0 aromatic heterocycles. The number of rotatable bonds is 54. The van der Waals surface area contributed by atoms with Gasteiger partial charge in [-0.15, -0.1) is 0 Å². The minimum atomic E-state index is -4.61. The van der Waals surface area contributed by atoms with Gasteiger partial charge in [0, 0.05) is 6.42 Å². The lowest BCUT2D eigenvalue weighted by molar-refractivity contribution is -0.870. The second-order valence-electron chi connectivity index (χ2n) is 21.3. The van der Waals surface area contributed by atoms with E-state index in [1.165, 1.54) is 180 Å². The van der Waals surface area contributed by atoms with Crippen LogP contribution in [0.2, 0.25) is 0 Å². The molecule has 414 valence electrons. The maximum Gasteiger partial charge on any atom is 0.268 e. The molecule has 9 heteroatoms. The molecule has 0 aliphatic carbocycles. The van der Waals surface area contributed by atoms with Crippen molar-refractivity contribution in [3.8, 4) is 0 Å². The van der Waals surface area contributed by atoms with Gasteiger partial charge >= 0.3 is 0 Å². The molecular weight excluding hydrogens is 900 g/mol. The Kier molecular flexibility index (Phi) is 51.3. The summed E-state index contributed by atoms with van der Waals surface area (Å²) in [5, 5.41) is 13.8. The first-order valence-corrected chi connectivity index (χ1v) is 31.3. The molecule has 0 aromatic carbocycles. The van der Waals surface area contributed by atoms with Crippen molar-refractivity contribution in [3.63, 3.8) is 0 Å². The van der Waals surface area contributed by atoms with Crippen LogP contribution in [0.4, 0.5) is 0 Å². The van der Waals surface area contributed by atoms with Gasteiger partial charge in [0.25, 0.3) is 7.82 Å². The Morgan fingerprint density at radius 3 is 1.25 bits per heavy atom. The predicted molar refractivity (Wildman–Crippen MR) is 307 cm³/mol. The Hall–Kier alpha value is -2.06. The molecule has 0 radical (unpaired) electrons. The molecule has 0 saturated heterocycles. The van der Waals surface area contributed by atoms with Gasteiger partial charge in [-0.1, -0.05) is 247 Å². The summed E-state index contributed by atoms with van der Waals surface area (Å²) in [5.74, 6) is -0.211. The fraction of sp³-hybridized carbons (Fsp3) is 0.790. The Morgan fingerprint density at radius 2 is 0.831 bits per heavy atom. The normalized spacial score (nSPS) is 14.4. The van der Waals surface area contributed by atoms with E-state index in [0.717, 1.165) is 64.2 Å². The maximum atomic E-state index is 12.9. The minimum absolute atomic E-state index is 0.0101. The highest BCUT2D eigenvalue weighted by atomic mass is 31.2. The summed E-state index contributed by atoms with van der Waals surface area (Å²) in [4.78, 5) is 25.5. The van der Waals surface area contributed by atoms with Crippen molar-refractivity contribution in [1.82, 2.24) is 5.32 Å². The number of hydrogen-bond acceptors (Lipinski definition) is 6. The molecule has 0 aliphatic rings. The summed E-state index contributed by atoms with van der Waals surface area (Å²) >= 11 is 0. The number of phosphoric acid groups is 1. The van der Waals surface area contributed by atoms with Gasteiger partial charge in [0.1, 0.15) is 13.2 Å². The highest BCUT2D eigenvalue weighted by Crippen LogP contribution is 2.38. The molecule has 2 N–H and O–H groups in total. The monoisotopic (exact) mass is 1010 g/mol. The van der Waals surface area contributed by atoms with Crippen LogP contribution >= 0.6 is 7.82 Å². The first-order valence-electron chi connectivity index (χ1n) is 29.8. The summed E-state index contributed by atoms with van der Waals surface area (Å²) in [6.07, 6.45) is 72.9. The molecule has 0 heterocycles. The van der Waals surface area contributed by atoms with Crippen LogP contribution in [0.15, 0.2) is 72.9 Å². The Balaban J connectivity index is 4.03. The Morgan fingerprint density at radius 1 is 0.493 bits per heavy atom. The number of carbonyl (C=O) groups is 1. The van der Waals surface area contributed by atoms with Crippen LogP contribution in [0.3, 0.4) is 0 Å². The molecule has 0 saturated carbocycles. The smallest absolute Gasteiger partial charge is 0.268 e. The van der Waals surface area contributed by atoms with E-state index in [-0.39, 0.29) is 12.5 Å². The molecule has 0 bridgehead atoms. The van der Waals surface area contributed by atoms with Crippen LogP contribution in [0.25, 0.3) is 0 Å². The van der Waals surface area contributed by atoms with E-state index < -0.39 is 26.6 Å². The number of aliphatic hydroxyl groups is 1. The van der Waals surface area contributed by atoms with E-state index in [2.05, 4.69) is 79.9 Å². The topological polar surface area (TPSA) is 108 Å². The van der Waals surface area contributed by atoms with Crippen molar-refractivity contribution in [2.75, 3.05) is 40.9 Å². The molecule has 0 spiro atoms. The van der Waals surface area contributed by atoms with Crippen molar-refractivity contribution in [2.45, 2.75) is 276 Å². The average molecular weight is 1020 g/mol. The molecule has 0 aliphatic heterocycles. The molecule has 71 heavy (non-hydrogen) atoms. The van der Waals surface area contributed by atoms with Gasteiger partial charge in [-0.25, -0.2) is 0 Å². The van der Waals surface area contributed by atoms with Crippen LogP contribution in [-0.4, -0.2) is 68.5 Å². The van der Waals surface area contributed by atoms with Gasteiger partial charge < -0.3 is 28.8 Å². The van der Waals surface area contributed by atoms with E-state index in [4.69, 9.17) is 9.05 Å². The number of amides is 1. The molecule has 8 nitrogen and oxygen atoms in total. The molecule has 0 fully saturated rings. The lowest BCUT2D eigenvalue weighted by Crippen LogP contribution is -2.45. The average Bonchev–Trinajstić information content (AvgIpc) is 3.33. The number of carbonyl (C=O) groups excluding carboxylic acids is 1. The number of hydrogen-bond donors (Lipinski definition) is 2. The largest absolute Gasteiger partial charge is 0.756 e. The standard InChI is InChI=1S/C62H115N2O6P/c1-6-8-10-12-14-16-18-20-22-23-24-25-26-27-28-29-30-31-32-33-34-35-36-37-38-39-40-41-42-44-46-48-50-52-54-56-62(66)63-60(59-70-71(67,68)69-58-57-64(3,4)5)61(65)55-53-51-49-47-45-43-21-19-17-15-13-11-9-7-2/h17-20,23-24,26-27,45,47,53,55,60-61,65H,6-16,21-22,25,28-44,46,48-52,54,56-59H2,1-5H3,(H-,63,66,67,68)/b19-17+,20-18-,24-23-,27-26-,47-45+,55-53+. The highest BCUT2D eigenvalue weighted by molar-refractivity contribution is 7.45. The van der Waals surface area contributed by atoms with Crippen LogP contribution < -0.4 is 10.2 Å². The van der Waals surface area contributed by atoms with Crippen LogP contribution in [-0.2, 0) is 18.4 Å². The van der Waals surface area contributed by atoms with Crippen molar-refractivity contribution in [2.24, 2.45) is 0 Å². The van der Waals surface area contributed by atoms with Gasteiger partial charge in [0.15, 0.2) is 0 Å². The summed E-state index contributed by atoms with van der Waals surface area (Å²) in [6, 6.07) is -0.911. The van der Waals surface area contributed by atoms with E-state index in [0.29, 0.717) is 17.4 Å². The number of nitrogens with zero attached hydrogens (tertiary/aromatic N) is 1. The van der Waals surface area contributed by atoms with Crippen molar-refractivity contribution < 1.29 is 32.9 Å². The van der Waals surface area contributed by atoms with Crippen LogP contribution in [0.1, 0.15) is 264 Å². The van der Waals surface area contributed by atoms with Gasteiger partial charge in [0.2, 0.25) is 5.91 Å². The third kappa shape index (κ3) is 55.5. The molecule has 3 atom stereocenters. The fourth-order valence-corrected chi connectivity index (χ4v) is 9.15. The second-order valence-corrected chi connectivity index (χ2v) is 22.7. The molecule has 0 rings (SSSR count). The lowest BCUT2D eigenvalue weighted by Gasteiger charge is -2.29. The van der Waals surface area contributed by atoms with Crippen molar-refractivity contribution in [1.29, 1.82) is 0 Å². The molecule has 3 unspecified atom stereocenters. The minimum Gasteiger partial charge on any atom is -0.756 e. The second kappa shape index (κ2) is 52.8. The van der Waals surface area contributed by atoms with E-state index in [1.54, 1.807) is 6.08 Å². The van der Waals surface area contributed by atoms with Gasteiger partial charge in [-0.2, -0.15) is 0 Å². The van der Waals surface area contributed by atoms with Gasteiger partial charge in [-0.3, -0.25) is 9.36 Å². The number of allylic oxidation sites excluding steroid dienone is 11. The lowest BCUT2D eigenvalue weighted by atomic mass is 10.0. The zero-order chi connectivity index (χ0) is 52.0. The highest BCUT2D eigenvalue weighted by Gasteiger charge is 2.23. The zero-order valence-corrected chi connectivity index (χ0v) is 48.1. The first kappa shape index (κ1) is 68.9. The number of unbranched alkanes of at least 4 members (excludes halogenated alkanes) is 31. The summed E-state index contributed by atoms with van der Waals surface area (Å²) in [7, 11) is 1.23. The molecule has 0 aromatic rings. The van der Waals surface area contributed by atoms with Crippen LogP contribution in [0, 0.1) is 0 Å². The third-order valence-corrected chi connectivity index (χ3v) is 14.1. The van der Waals surface area contributed by atoms with Gasteiger partial charge in [0.05, 0.1) is 39.9 Å². The number of phosphoric ester groups is 1. The van der Waals surface area contributed by atoms with E-state index >= 15 is 0 Å². The predicted octanol–water partition coefficient (Wildman–Crippen LogP) is 17.6.